The lowest BCUT2D eigenvalue weighted by Crippen LogP contribution is -2.20. The first kappa shape index (κ1) is 15.2. The van der Waals surface area contributed by atoms with Crippen LogP contribution in [-0.4, -0.2) is 30.2 Å². The van der Waals surface area contributed by atoms with Crippen LogP contribution in [0.4, 0.5) is 5.69 Å². The SMILES string of the molecule is CCn1c(C)nc2cc(NC(=O)Cn3nc(C)nc3C)ccc21. The zero-order valence-electron chi connectivity index (χ0n) is 13.8. The Morgan fingerprint density at radius 2 is 1.96 bits per heavy atom. The van der Waals surface area contributed by atoms with Gasteiger partial charge in [0.25, 0.3) is 0 Å². The van der Waals surface area contributed by atoms with E-state index < -0.39 is 0 Å². The standard InChI is InChI=1S/C16H20N6O/c1-5-21-11(3)18-14-8-13(6-7-15(14)21)19-16(23)9-22-12(4)17-10(2)20-22/h6-8H,5,9H2,1-4H3,(H,19,23). The monoisotopic (exact) mass is 312 g/mol. The predicted octanol–water partition coefficient (Wildman–Crippen LogP) is 2.21. The summed E-state index contributed by atoms with van der Waals surface area (Å²) in [4.78, 5) is 20.9. The number of nitrogens with one attached hydrogen (secondary N) is 1. The predicted molar refractivity (Wildman–Crippen MR) is 88.3 cm³/mol. The number of rotatable bonds is 4. The van der Waals surface area contributed by atoms with Crippen molar-refractivity contribution in [1.82, 2.24) is 24.3 Å². The molecule has 1 N–H and O–H groups in total. The van der Waals surface area contributed by atoms with Crippen molar-refractivity contribution >= 4 is 22.6 Å². The molecule has 0 aliphatic rings. The van der Waals surface area contributed by atoms with E-state index in [1.807, 2.05) is 39.0 Å². The minimum absolute atomic E-state index is 0.135. The Morgan fingerprint density at radius 3 is 2.61 bits per heavy atom. The maximum Gasteiger partial charge on any atom is 0.246 e. The normalized spacial score (nSPS) is 11.1. The van der Waals surface area contributed by atoms with Gasteiger partial charge in [0.05, 0.1) is 11.0 Å². The molecule has 3 rings (SSSR count). The fourth-order valence-corrected chi connectivity index (χ4v) is 2.77. The third kappa shape index (κ3) is 2.94. The summed E-state index contributed by atoms with van der Waals surface area (Å²) in [6.07, 6.45) is 0. The van der Waals surface area contributed by atoms with E-state index in [9.17, 15) is 4.79 Å². The van der Waals surface area contributed by atoms with E-state index >= 15 is 0 Å². The molecular formula is C16H20N6O. The molecule has 0 bridgehead atoms. The Balaban J connectivity index is 1.78. The third-order valence-electron chi connectivity index (χ3n) is 3.80. The molecule has 3 aromatic rings. The number of fused-ring (bicyclic) bond motifs is 1. The van der Waals surface area contributed by atoms with Gasteiger partial charge in [-0.15, -0.1) is 0 Å². The molecule has 0 saturated heterocycles. The number of anilines is 1. The lowest BCUT2D eigenvalue weighted by atomic mass is 10.2. The molecule has 7 nitrogen and oxygen atoms in total. The molecule has 0 spiro atoms. The molecule has 0 saturated carbocycles. The van der Waals surface area contributed by atoms with Crippen molar-refractivity contribution in [2.24, 2.45) is 0 Å². The topological polar surface area (TPSA) is 77.6 Å². The maximum atomic E-state index is 12.2. The average Bonchev–Trinajstić information content (AvgIpc) is 2.96. The molecule has 7 heteroatoms. The lowest BCUT2D eigenvalue weighted by molar-refractivity contribution is -0.116. The van der Waals surface area contributed by atoms with Crippen molar-refractivity contribution < 1.29 is 4.79 Å². The highest BCUT2D eigenvalue weighted by Crippen LogP contribution is 2.20. The summed E-state index contributed by atoms with van der Waals surface area (Å²) in [7, 11) is 0. The van der Waals surface area contributed by atoms with E-state index in [1.54, 1.807) is 4.68 Å². The minimum Gasteiger partial charge on any atom is -0.329 e. The zero-order chi connectivity index (χ0) is 16.6. The van der Waals surface area contributed by atoms with Crippen LogP contribution >= 0.6 is 0 Å². The van der Waals surface area contributed by atoms with Gasteiger partial charge in [-0.2, -0.15) is 5.10 Å². The number of benzene rings is 1. The van der Waals surface area contributed by atoms with Crippen LogP contribution in [0, 0.1) is 20.8 Å². The average molecular weight is 312 g/mol. The number of aryl methyl sites for hydroxylation is 4. The molecular weight excluding hydrogens is 292 g/mol. The summed E-state index contributed by atoms with van der Waals surface area (Å²) in [6, 6.07) is 5.78. The molecule has 2 aromatic heterocycles. The molecule has 120 valence electrons. The highest BCUT2D eigenvalue weighted by molar-refractivity contribution is 5.93. The summed E-state index contributed by atoms with van der Waals surface area (Å²) >= 11 is 0. The van der Waals surface area contributed by atoms with E-state index in [0.717, 1.165) is 34.9 Å². The molecule has 0 fully saturated rings. The van der Waals surface area contributed by atoms with Gasteiger partial charge in [-0.25, -0.2) is 14.6 Å². The first-order valence-corrected chi connectivity index (χ1v) is 7.62. The number of carbonyl (C=O) groups is 1. The number of amides is 1. The van der Waals surface area contributed by atoms with Crippen molar-refractivity contribution in [3.8, 4) is 0 Å². The summed E-state index contributed by atoms with van der Waals surface area (Å²) in [5.41, 5.74) is 2.69. The first-order valence-electron chi connectivity index (χ1n) is 7.62. The molecule has 0 aliphatic heterocycles. The Morgan fingerprint density at radius 1 is 1.17 bits per heavy atom. The third-order valence-corrected chi connectivity index (χ3v) is 3.80. The number of imidazole rings is 1. The fraction of sp³-hybridized carbons (Fsp3) is 0.375. The fourth-order valence-electron chi connectivity index (χ4n) is 2.77. The highest BCUT2D eigenvalue weighted by Gasteiger charge is 2.10. The van der Waals surface area contributed by atoms with Gasteiger partial charge in [-0.05, 0) is 45.9 Å². The van der Waals surface area contributed by atoms with E-state index in [-0.39, 0.29) is 12.5 Å². The van der Waals surface area contributed by atoms with Gasteiger partial charge in [0.2, 0.25) is 5.91 Å². The zero-order valence-corrected chi connectivity index (χ0v) is 13.8. The van der Waals surface area contributed by atoms with Gasteiger partial charge >= 0.3 is 0 Å². The van der Waals surface area contributed by atoms with Crippen molar-refractivity contribution in [2.45, 2.75) is 40.8 Å². The number of hydrogen-bond donors (Lipinski definition) is 1. The number of nitrogens with zero attached hydrogens (tertiary/aromatic N) is 5. The minimum atomic E-state index is -0.135. The van der Waals surface area contributed by atoms with Crippen molar-refractivity contribution in [3.05, 3.63) is 35.7 Å². The smallest absolute Gasteiger partial charge is 0.246 e. The van der Waals surface area contributed by atoms with Crippen LogP contribution in [0.15, 0.2) is 18.2 Å². The van der Waals surface area contributed by atoms with Gasteiger partial charge in [-0.3, -0.25) is 4.79 Å². The van der Waals surface area contributed by atoms with Gasteiger partial charge in [-0.1, -0.05) is 0 Å². The summed E-state index contributed by atoms with van der Waals surface area (Å²) in [5.74, 6) is 2.23. The van der Waals surface area contributed by atoms with Crippen LogP contribution in [0.3, 0.4) is 0 Å². The molecule has 0 atom stereocenters. The van der Waals surface area contributed by atoms with Gasteiger partial charge in [0.1, 0.15) is 24.0 Å². The molecule has 23 heavy (non-hydrogen) atoms. The van der Waals surface area contributed by atoms with Crippen LogP contribution in [0.2, 0.25) is 0 Å². The van der Waals surface area contributed by atoms with Crippen LogP contribution in [0.5, 0.6) is 0 Å². The number of aromatic nitrogens is 5. The van der Waals surface area contributed by atoms with Crippen molar-refractivity contribution in [2.75, 3.05) is 5.32 Å². The van der Waals surface area contributed by atoms with Crippen molar-refractivity contribution in [3.63, 3.8) is 0 Å². The molecule has 0 radical (unpaired) electrons. The van der Waals surface area contributed by atoms with Gasteiger partial charge in [0.15, 0.2) is 0 Å². The second-order valence-corrected chi connectivity index (χ2v) is 5.52. The van der Waals surface area contributed by atoms with Crippen LogP contribution in [0.25, 0.3) is 11.0 Å². The van der Waals surface area contributed by atoms with Gasteiger partial charge in [0, 0.05) is 12.2 Å². The Kier molecular flexibility index (Phi) is 3.85. The second kappa shape index (κ2) is 5.83. The lowest BCUT2D eigenvalue weighted by Gasteiger charge is -2.07. The van der Waals surface area contributed by atoms with Crippen LogP contribution in [0.1, 0.15) is 24.4 Å². The van der Waals surface area contributed by atoms with E-state index in [0.29, 0.717) is 5.82 Å². The summed E-state index contributed by atoms with van der Waals surface area (Å²) in [5, 5.41) is 7.09. The van der Waals surface area contributed by atoms with Gasteiger partial charge < -0.3 is 9.88 Å². The molecule has 1 amide bonds. The Bertz CT molecular complexity index is 876. The van der Waals surface area contributed by atoms with Crippen molar-refractivity contribution in [1.29, 1.82) is 0 Å². The number of hydrogen-bond acceptors (Lipinski definition) is 4. The Labute approximate surface area is 134 Å². The second-order valence-electron chi connectivity index (χ2n) is 5.52. The van der Waals surface area contributed by atoms with Crippen LogP contribution < -0.4 is 5.32 Å². The quantitative estimate of drug-likeness (QED) is 0.801. The van der Waals surface area contributed by atoms with E-state index in [1.165, 1.54) is 0 Å². The largest absolute Gasteiger partial charge is 0.329 e. The Hall–Kier alpha value is -2.70. The molecule has 0 unspecified atom stereocenters. The van der Waals surface area contributed by atoms with E-state index in [2.05, 4.69) is 31.9 Å². The molecule has 1 aromatic carbocycles. The molecule has 2 heterocycles. The summed E-state index contributed by atoms with van der Waals surface area (Å²) < 4.78 is 3.74. The first-order chi connectivity index (χ1) is 11.0. The summed E-state index contributed by atoms with van der Waals surface area (Å²) in [6.45, 7) is 8.73. The van der Waals surface area contributed by atoms with Crippen LogP contribution in [-0.2, 0) is 17.9 Å². The number of carbonyl (C=O) groups excluding carboxylic acids is 1. The maximum absolute atomic E-state index is 12.2. The molecule has 0 aliphatic carbocycles. The van der Waals surface area contributed by atoms with E-state index in [4.69, 9.17) is 0 Å². The highest BCUT2D eigenvalue weighted by atomic mass is 16.2.